The molecular formula is C10H16N2O4S. The molecule has 2 atom stereocenters. The fraction of sp³-hybridized carbons (Fsp3) is 0.800. The average Bonchev–Trinajstić information content (AvgIpc) is 2.15. The van der Waals surface area contributed by atoms with Crippen LogP contribution in [0.4, 0.5) is 0 Å². The van der Waals surface area contributed by atoms with Crippen LogP contribution in [0.15, 0.2) is 0 Å². The van der Waals surface area contributed by atoms with Crippen LogP contribution >= 0.6 is 0 Å². The Morgan fingerprint density at radius 1 is 1.59 bits per heavy atom. The van der Waals surface area contributed by atoms with Crippen molar-refractivity contribution in [3.8, 4) is 6.07 Å². The predicted molar refractivity (Wildman–Crippen MR) is 60.5 cm³/mol. The summed E-state index contributed by atoms with van der Waals surface area (Å²) in [5, 5.41) is 16.5. The highest BCUT2D eigenvalue weighted by Crippen LogP contribution is 2.28. The molecule has 7 heteroatoms. The number of aliphatic carboxylic acids is 1. The van der Waals surface area contributed by atoms with Crippen molar-refractivity contribution in [3.05, 3.63) is 0 Å². The predicted octanol–water partition coefficient (Wildman–Crippen LogP) is 0.271. The zero-order valence-electron chi connectivity index (χ0n) is 9.83. The van der Waals surface area contributed by atoms with Gasteiger partial charge in [-0.15, -0.1) is 0 Å². The van der Waals surface area contributed by atoms with E-state index in [9.17, 15) is 13.2 Å². The summed E-state index contributed by atoms with van der Waals surface area (Å²) >= 11 is 0. The van der Waals surface area contributed by atoms with E-state index >= 15 is 0 Å². The van der Waals surface area contributed by atoms with Crippen LogP contribution in [0, 0.1) is 23.2 Å². The third-order valence-corrected chi connectivity index (χ3v) is 5.38. The van der Waals surface area contributed by atoms with Crippen molar-refractivity contribution in [2.75, 3.05) is 13.1 Å². The van der Waals surface area contributed by atoms with Gasteiger partial charge in [-0.2, -0.15) is 5.26 Å². The zero-order chi connectivity index (χ0) is 13.2. The Morgan fingerprint density at radius 2 is 2.12 bits per heavy atom. The van der Waals surface area contributed by atoms with Gasteiger partial charge in [-0.25, -0.2) is 12.7 Å². The van der Waals surface area contributed by atoms with Crippen LogP contribution in [-0.2, 0) is 14.8 Å². The second-order valence-corrected chi connectivity index (χ2v) is 6.39. The molecular weight excluding hydrogens is 244 g/mol. The van der Waals surface area contributed by atoms with E-state index in [0.29, 0.717) is 0 Å². The number of nitrogens with zero attached hydrogens (tertiary/aromatic N) is 2. The summed E-state index contributed by atoms with van der Waals surface area (Å²) in [5.41, 5.74) is 0. The third-order valence-electron chi connectivity index (χ3n) is 3.21. The largest absolute Gasteiger partial charge is 0.481 e. The number of hydrogen-bond acceptors (Lipinski definition) is 4. The number of carboxylic acid groups (broad SMARTS) is 1. The van der Waals surface area contributed by atoms with Gasteiger partial charge in [-0.1, -0.05) is 13.8 Å². The first-order chi connectivity index (χ1) is 7.84. The zero-order valence-corrected chi connectivity index (χ0v) is 10.6. The lowest BCUT2D eigenvalue weighted by Gasteiger charge is -2.40. The molecule has 0 aliphatic carbocycles. The maximum atomic E-state index is 11.9. The minimum Gasteiger partial charge on any atom is -0.481 e. The molecule has 6 nitrogen and oxygen atoms in total. The van der Waals surface area contributed by atoms with Crippen molar-refractivity contribution in [2.45, 2.75) is 25.5 Å². The SMILES string of the molecule is CCC(C#N)S(=O)(=O)N1CC(C(C)C(=O)O)C1. The number of carboxylic acids is 1. The minimum absolute atomic E-state index is 0.154. The summed E-state index contributed by atoms with van der Waals surface area (Å²) in [7, 11) is -3.58. The maximum Gasteiger partial charge on any atom is 0.306 e. The molecule has 0 radical (unpaired) electrons. The quantitative estimate of drug-likeness (QED) is 0.765. The molecule has 2 unspecified atom stereocenters. The Morgan fingerprint density at radius 3 is 2.47 bits per heavy atom. The molecule has 96 valence electrons. The fourth-order valence-electron chi connectivity index (χ4n) is 1.74. The van der Waals surface area contributed by atoms with E-state index < -0.39 is 27.2 Å². The molecule has 0 amide bonds. The van der Waals surface area contributed by atoms with Gasteiger partial charge in [0.25, 0.3) is 0 Å². The lowest BCUT2D eigenvalue weighted by Crippen LogP contribution is -2.55. The summed E-state index contributed by atoms with van der Waals surface area (Å²) in [5.74, 6) is -1.62. The van der Waals surface area contributed by atoms with Gasteiger partial charge in [0, 0.05) is 13.1 Å². The van der Waals surface area contributed by atoms with E-state index in [0.717, 1.165) is 0 Å². The van der Waals surface area contributed by atoms with Gasteiger partial charge in [-0.05, 0) is 12.3 Å². The van der Waals surface area contributed by atoms with Crippen LogP contribution in [0.1, 0.15) is 20.3 Å². The molecule has 17 heavy (non-hydrogen) atoms. The van der Waals surface area contributed by atoms with E-state index in [2.05, 4.69) is 0 Å². The first-order valence-electron chi connectivity index (χ1n) is 5.46. The Kier molecular flexibility index (Phi) is 4.11. The highest BCUT2D eigenvalue weighted by molar-refractivity contribution is 7.90. The third kappa shape index (κ3) is 2.58. The van der Waals surface area contributed by atoms with Gasteiger partial charge < -0.3 is 5.11 Å². The van der Waals surface area contributed by atoms with Crippen LogP contribution in [0.25, 0.3) is 0 Å². The van der Waals surface area contributed by atoms with E-state index in [1.807, 2.05) is 0 Å². The van der Waals surface area contributed by atoms with Crippen molar-refractivity contribution in [1.82, 2.24) is 4.31 Å². The normalized spacial score (nSPS) is 21.2. The number of nitriles is 1. The molecule has 0 aromatic carbocycles. The average molecular weight is 260 g/mol. The maximum absolute atomic E-state index is 11.9. The molecule has 1 heterocycles. The molecule has 1 saturated heterocycles. The molecule has 1 aliphatic heterocycles. The molecule has 1 N–H and O–H groups in total. The molecule has 1 aliphatic rings. The summed E-state index contributed by atoms with van der Waals surface area (Å²) < 4.78 is 24.9. The molecule has 0 saturated carbocycles. The number of carbonyl (C=O) groups is 1. The smallest absolute Gasteiger partial charge is 0.306 e. The first kappa shape index (κ1) is 13.9. The van der Waals surface area contributed by atoms with Crippen LogP contribution < -0.4 is 0 Å². The second-order valence-electron chi connectivity index (χ2n) is 4.27. The summed E-state index contributed by atoms with van der Waals surface area (Å²) in [6.07, 6.45) is 0.245. The van der Waals surface area contributed by atoms with Gasteiger partial charge in [0.1, 0.15) is 0 Å². The standard InChI is InChI=1S/C10H16N2O4S/c1-3-9(4-11)17(15,16)12-5-8(6-12)7(2)10(13)14/h7-9H,3,5-6H2,1-2H3,(H,13,14). The minimum atomic E-state index is -3.58. The molecule has 1 fully saturated rings. The Bertz CT molecular complexity index is 434. The Hall–Kier alpha value is -1.13. The monoisotopic (exact) mass is 260 g/mol. The number of hydrogen-bond donors (Lipinski definition) is 1. The van der Waals surface area contributed by atoms with Crippen LogP contribution in [-0.4, -0.2) is 42.1 Å². The van der Waals surface area contributed by atoms with Gasteiger partial charge in [0.05, 0.1) is 12.0 Å². The molecule has 0 spiro atoms. The van der Waals surface area contributed by atoms with Crippen molar-refractivity contribution in [1.29, 1.82) is 5.26 Å². The number of sulfonamides is 1. The van der Waals surface area contributed by atoms with Crippen molar-refractivity contribution in [2.24, 2.45) is 11.8 Å². The van der Waals surface area contributed by atoms with Gasteiger partial charge in [-0.3, -0.25) is 4.79 Å². The van der Waals surface area contributed by atoms with Gasteiger partial charge >= 0.3 is 5.97 Å². The highest BCUT2D eigenvalue weighted by atomic mass is 32.2. The van der Waals surface area contributed by atoms with E-state index in [-0.39, 0.29) is 25.4 Å². The van der Waals surface area contributed by atoms with Gasteiger partial charge in [0.15, 0.2) is 5.25 Å². The van der Waals surface area contributed by atoms with Crippen LogP contribution in [0.5, 0.6) is 0 Å². The summed E-state index contributed by atoms with van der Waals surface area (Å²) in [6, 6.07) is 1.76. The van der Waals surface area contributed by atoms with Crippen molar-refractivity contribution < 1.29 is 18.3 Å². The topological polar surface area (TPSA) is 98.5 Å². The van der Waals surface area contributed by atoms with Gasteiger partial charge in [0.2, 0.25) is 10.0 Å². The lowest BCUT2D eigenvalue weighted by atomic mass is 9.89. The summed E-state index contributed by atoms with van der Waals surface area (Å²) in [6.45, 7) is 3.61. The highest BCUT2D eigenvalue weighted by Gasteiger charge is 2.43. The van der Waals surface area contributed by atoms with Crippen LogP contribution in [0.3, 0.4) is 0 Å². The van der Waals surface area contributed by atoms with Crippen LogP contribution in [0.2, 0.25) is 0 Å². The second kappa shape index (κ2) is 5.02. The molecule has 1 rings (SSSR count). The Balaban J connectivity index is 2.65. The molecule has 0 bridgehead atoms. The molecule has 0 aromatic rings. The first-order valence-corrected chi connectivity index (χ1v) is 6.96. The fourth-order valence-corrected chi connectivity index (χ4v) is 3.46. The van der Waals surface area contributed by atoms with E-state index in [1.54, 1.807) is 19.9 Å². The van der Waals surface area contributed by atoms with E-state index in [4.69, 9.17) is 10.4 Å². The molecule has 0 aromatic heterocycles. The lowest BCUT2D eigenvalue weighted by molar-refractivity contribution is -0.144. The van der Waals surface area contributed by atoms with E-state index in [1.165, 1.54) is 4.31 Å². The Labute approximate surface area is 101 Å². The van der Waals surface area contributed by atoms with Crippen molar-refractivity contribution >= 4 is 16.0 Å². The van der Waals surface area contributed by atoms with Crippen molar-refractivity contribution in [3.63, 3.8) is 0 Å². The summed E-state index contributed by atoms with van der Waals surface area (Å²) in [4.78, 5) is 10.7. The number of rotatable bonds is 5.